The molecule has 1 aliphatic rings. The molecule has 1 aliphatic heterocycles. The van der Waals surface area contributed by atoms with E-state index in [2.05, 4.69) is 10.4 Å². The number of nitrogens with one attached hydrogen (secondary N) is 1. The Morgan fingerprint density at radius 3 is 2.75 bits per heavy atom. The largest absolute Gasteiger partial charge is 0.326 e. The molecule has 126 valence electrons. The van der Waals surface area contributed by atoms with Gasteiger partial charge >= 0.3 is 0 Å². The molecule has 0 spiro atoms. The van der Waals surface area contributed by atoms with Gasteiger partial charge in [0.1, 0.15) is 6.04 Å². The van der Waals surface area contributed by atoms with E-state index in [0.717, 1.165) is 16.7 Å². The van der Waals surface area contributed by atoms with Crippen LogP contribution in [0.15, 0.2) is 46.9 Å². The minimum Gasteiger partial charge on any atom is -0.326 e. The summed E-state index contributed by atoms with van der Waals surface area (Å²) in [5.74, 6) is -0.158. The van der Waals surface area contributed by atoms with Gasteiger partial charge in [0.15, 0.2) is 0 Å². The highest BCUT2D eigenvalue weighted by Gasteiger charge is 2.35. The molecule has 1 amide bonds. The number of benzene rings is 1. The van der Waals surface area contributed by atoms with E-state index < -0.39 is 10.0 Å². The second-order valence-electron chi connectivity index (χ2n) is 5.58. The standard InChI is InChI=1S/C16H17N3O3S2/c1-11(20)17-13-6-3-5-12(9-13)14-10-15(16-7-4-8-23-16)19(18-14)24(2,21)22/h3-9,15H,10H2,1-2H3,(H,17,20). The van der Waals surface area contributed by atoms with Crippen LogP contribution >= 0.6 is 11.3 Å². The molecule has 0 bridgehead atoms. The van der Waals surface area contributed by atoms with Crippen molar-refractivity contribution in [1.29, 1.82) is 0 Å². The molecule has 8 heteroatoms. The molecule has 0 radical (unpaired) electrons. The van der Waals surface area contributed by atoms with Crippen LogP contribution in [0.5, 0.6) is 0 Å². The van der Waals surface area contributed by atoms with Gasteiger partial charge in [0.25, 0.3) is 0 Å². The summed E-state index contributed by atoms with van der Waals surface area (Å²) in [6, 6.07) is 10.8. The molecule has 24 heavy (non-hydrogen) atoms. The summed E-state index contributed by atoms with van der Waals surface area (Å²) in [4.78, 5) is 12.2. The molecule has 0 saturated heterocycles. The zero-order valence-corrected chi connectivity index (χ0v) is 14.9. The van der Waals surface area contributed by atoms with Crippen LogP contribution in [0.25, 0.3) is 0 Å². The molecule has 1 unspecified atom stereocenters. The van der Waals surface area contributed by atoms with E-state index in [9.17, 15) is 13.2 Å². The average Bonchev–Trinajstić information content (AvgIpc) is 3.15. The Balaban J connectivity index is 1.96. The van der Waals surface area contributed by atoms with Crippen LogP contribution in [0.3, 0.4) is 0 Å². The highest BCUT2D eigenvalue weighted by molar-refractivity contribution is 7.88. The first kappa shape index (κ1) is 16.7. The quantitative estimate of drug-likeness (QED) is 0.907. The zero-order chi connectivity index (χ0) is 17.3. The molecular formula is C16H17N3O3S2. The van der Waals surface area contributed by atoms with E-state index in [1.807, 2.05) is 29.6 Å². The van der Waals surface area contributed by atoms with Crippen molar-refractivity contribution in [2.75, 3.05) is 11.6 Å². The lowest BCUT2D eigenvalue weighted by atomic mass is 10.0. The van der Waals surface area contributed by atoms with Crippen molar-refractivity contribution < 1.29 is 13.2 Å². The molecule has 0 fully saturated rings. The number of thiophene rings is 1. The van der Waals surface area contributed by atoms with Crippen molar-refractivity contribution in [2.24, 2.45) is 5.10 Å². The van der Waals surface area contributed by atoms with Crippen LogP contribution in [-0.2, 0) is 14.8 Å². The number of carbonyl (C=O) groups is 1. The van der Waals surface area contributed by atoms with Gasteiger partial charge in [0, 0.05) is 23.9 Å². The molecule has 1 atom stereocenters. The second-order valence-corrected chi connectivity index (χ2v) is 8.40. The normalized spacial score (nSPS) is 17.7. The van der Waals surface area contributed by atoms with Crippen molar-refractivity contribution >= 4 is 38.7 Å². The number of hydrogen-bond donors (Lipinski definition) is 1. The van der Waals surface area contributed by atoms with Gasteiger partial charge < -0.3 is 5.32 Å². The Hall–Kier alpha value is -2.19. The minimum atomic E-state index is -3.47. The molecule has 1 aromatic heterocycles. The van der Waals surface area contributed by atoms with Gasteiger partial charge in [-0.05, 0) is 29.1 Å². The lowest BCUT2D eigenvalue weighted by molar-refractivity contribution is -0.114. The van der Waals surface area contributed by atoms with Crippen molar-refractivity contribution in [3.05, 3.63) is 52.2 Å². The molecule has 0 saturated carbocycles. The monoisotopic (exact) mass is 363 g/mol. The fourth-order valence-electron chi connectivity index (χ4n) is 2.64. The third-order valence-electron chi connectivity index (χ3n) is 3.60. The second kappa shape index (κ2) is 6.37. The Bertz CT molecular complexity index is 889. The summed E-state index contributed by atoms with van der Waals surface area (Å²) in [6.07, 6.45) is 1.66. The Labute approximate surface area is 144 Å². The predicted octanol–water partition coefficient (Wildman–Crippen LogP) is 2.82. The Morgan fingerprint density at radius 2 is 2.12 bits per heavy atom. The molecule has 3 rings (SSSR count). The third kappa shape index (κ3) is 3.49. The number of nitrogens with zero attached hydrogens (tertiary/aromatic N) is 2. The molecule has 2 aromatic rings. The predicted molar refractivity (Wildman–Crippen MR) is 95.6 cm³/mol. The van der Waals surface area contributed by atoms with Crippen LogP contribution in [0, 0.1) is 0 Å². The number of anilines is 1. The van der Waals surface area contributed by atoms with Crippen molar-refractivity contribution in [1.82, 2.24) is 4.41 Å². The van der Waals surface area contributed by atoms with Gasteiger partial charge in [-0.25, -0.2) is 8.42 Å². The number of amides is 1. The molecular weight excluding hydrogens is 346 g/mol. The van der Waals surface area contributed by atoms with Crippen LogP contribution < -0.4 is 5.32 Å². The number of hydrogen-bond acceptors (Lipinski definition) is 5. The number of carbonyl (C=O) groups excluding carboxylic acids is 1. The third-order valence-corrected chi connectivity index (χ3v) is 5.59. The maximum Gasteiger partial charge on any atom is 0.247 e. The fraction of sp³-hybridized carbons (Fsp3) is 0.250. The summed E-state index contributed by atoms with van der Waals surface area (Å²) in [7, 11) is -3.47. The van der Waals surface area contributed by atoms with Gasteiger partial charge in [-0.1, -0.05) is 18.2 Å². The Kier molecular flexibility index (Phi) is 4.42. The van der Waals surface area contributed by atoms with E-state index in [1.54, 1.807) is 12.1 Å². The highest BCUT2D eigenvalue weighted by atomic mass is 32.2. The minimum absolute atomic E-state index is 0.158. The van der Waals surface area contributed by atoms with Crippen molar-refractivity contribution in [2.45, 2.75) is 19.4 Å². The number of hydrazone groups is 1. The average molecular weight is 363 g/mol. The lowest BCUT2D eigenvalue weighted by Gasteiger charge is -2.19. The van der Waals surface area contributed by atoms with Crippen molar-refractivity contribution in [3.8, 4) is 0 Å². The topological polar surface area (TPSA) is 78.8 Å². The van der Waals surface area contributed by atoms with Crippen LogP contribution in [0.1, 0.15) is 29.8 Å². The SMILES string of the molecule is CC(=O)Nc1cccc(C2=NN(S(C)(=O)=O)C(c3cccs3)C2)c1. The molecule has 0 aliphatic carbocycles. The number of rotatable bonds is 4. The molecule has 1 N–H and O–H groups in total. The van der Waals surface area contributed by atoms with E-state index in [1.165, 1.54) is 22.7 Å². The molecule has 6 nitrogen and oxygen atoms in total. The van der Waals surface area contributed by atoms with Crippen LogP contribution in [0.4, 0.5) is 5.69 Å². The van der Waals surface area contributed by atoms with Gasteiger partial charge in [0.2, 0.25) is 15.9 Å². The maximum atomic E-state index is 12.1. The van der Waals surface area contributed by atoms with Crippen molar-refractivity contribution in [3.63, 3.8) is 0 Å². The van der Waals surface area contributed by atoms with E-state index >= 15 is 0 Å². The number of sulfonamides is 1. The van der Waals surface area contributed by atoms with E-state index in [4.69, 9.17) is 0 Å². The zero-order valence-electron chi connectivity index (χ0n) is 13.3. The van der Waals surface area contributed by atoms with Gasteiger partial charge in [0.05, 0.1) is 12.0 Å². The van der Waals surface area contributed by atoms with E-state index in [0.29, 0.717) is 17.8 Å². The summed E-state index contributed by atoms with van der Waals surface area (Å²) in [6.45, 7) is 1.44. The first-order valence-electron chi connectivity index (χ1n) is 7.33. The van der Waals surface area contributed by atoms with Crippen LogP contribution in [0.2, 0.25) is 0 Å². The first-order valence-corrected chi connectivity index (χ1v) is 10.1. The van der Waals surface area contributed by atoms with E-state index in [-0.39, 0.29) is 11.9 Å². The summed E-state index contributed by atoms with van der Waals surface area (Å²) in [5.41, 5.74) is 2.15. The summed E-state index contributed by atoms with van der Waals surface area (Å²) < 4.78 is 25.4. The summed E-state index contributed by atoms with van der Waals surface area (Å²) in [5, 5.41) is 8.99. The molecule has 2 heterocycles. The molecule has 1 aromatic carbocycles. The maximum absolute atomic E-state index is 12.1. The fourth-order valence-corrected chi connectivity index (χ4v) is 4.42. The van der Waals surface area contributed by atoms with Gasteiger partial charge in [-0.2, -0.15) is 9.52 Å². The van der Waals surface area contributed by atoms with Gasteiger partial charge in [-0.3, -0.25) is 4.79 Å². The van der Waals surface area contributed by atoms with Gasteiger partial charge in [-0.15, -0.1) is 11.3 Å². The Morgan fingerprint density at radius 1 is 1.33 bits per heavy atom. The lowest BCUT2D eigenvalue weighted by Crippen LogP contribution is -2.25. The van der Waals surface area contributed by atoms with Crippen LogP contribution in [-0.4, -0.2) is 30.7 Å². The highest BCUT2D eigenvalue weighted by Crippen LogP contribution is 2.36. The first-order chi connectivity index (χ1) is 11.3. The summed E-state index contributed by atoms with van der Waals surface area (Å²) >= 11 is 1.51. The smallest absolute Gasteiger partial charge is 0.247 e.